The van der Waals surface area contributed by atoms with Crippen molar-refractivity contribution in [3.05, 3.63) is 59.2 Å². The van der Waals surface area contributed by atoms with Crippen LogP contribution in [0.3, 0.4) is 0 Å². The molecular weight excluding hydrogens is 322 g/mol. The van der Waals surface area contributed by atoms with Crippen molar-refractivity contribution in [1.82, 2.24) is 5.32 Å². The zero-order valence-corrected chi connectivity index (χ0v) is 14.5. The van der Waals surface area contributed by atoms with Gasteiger partial charge in [-0.25, -0.2) is 0 Å². The molecule has 0 unspecified atom stereocenters. The van der Waals surface area contributed by atoms with Crippen LogP contribution >= 0.6 is 0 Å². The van der Waals surface area contributed by atoms with E-state index in [1.54, 1.807) is 18.2 Å². The lowest BCUT2D eigenvalue weighted by molar-refractivity contribution is -0.143. The van der Waals surface area contributed by atoms with Crippen LogP contribution < -0.4 is 14.8 Å². The lowest BCUT2D eigenvalue weighted by atomic mass is 10.1. The fraction of sp³-hybridized carbons (Fsp3) is 0.263. The first-order valence-corrected chi connectivity index (χ1v) is 7.74. The first-order valence-electron chi connectivity index (χ1n) is 7.74. The lowest BCUT2D eigenvalue weighted by Gasteiger charge is -2.09. The van der Waals surface area contributed by atoms with Crippen molar-refractivity contribution in [1.29, 1.82) is 0 Å². The van der Waals surface area contributed by atoms with Gasteiger partial charge >= 0.3 is 5.97 Å². The first kappa shape index (κ1) is 18.3. The van der Waals surface area contributed by atoms with Gasteiger partial charge in [-0.1, -0.05) is 29.8 Å². The summed E-state index contributed by atoms with van der Waals surface area (Å²) < 4.78 is 15.4. The Morgan fingerprint density at radius 1 is 1.00 bits per heavy atom. The van der Waals surface area contributed by atoms with E-state index in [-0.39, 0.29) is 13.2 Å². The second-order valence-electron chi connectivity index (χ2n) is 5.43. The van der Waals surface area contributed by atoms with Crippen LogP contribution in [0.15, 0.2) is 42.5 Å². The average Bonchev–Trinajstić information content (AvgIpc) is 2.63. The van der Waals surface area contributed by atoms with Gasteiger partial charge in [0.15, 0.2) is 0 Å². The Labute approximate surface area is 146 Å². The predicted molar refractivity (Wildman–Crippen MR) is 92.9 cm³/mol. The van der Waals surface area contributed by atoms with Crippen LogP contribution in [0.4, 0.5) is 0 Å². The van der Waals surface area contributed by atoms with E-state index in [0.717, 1.165) is 11.1 Å². The van der Waals surface area contributed by atoms with Gasteiger partial charge < -0.3 is 19.5 Å². The van der Waals surface area contributed by atoms with Crippen molar-refractivity contribution in [3.8, 4) is 11.5 Å². The average molecular weight is 343 g/mol. The summed E-state index contributed by atoms with van der Waals surface area (Å²) in [6.45, 7) is 1.92. The molecule has 0 heterocycles. The highest BCUT2D eigenvalue weighted by Crippen LogP contribution is 2.22. The van der Waals surface area contributed by atoms with Crippen LogP contribution in [0, 0.1) is 6.92 Å². The summed E-state index contributed by atoms with van der Waals surface area (Å²) in [5, 5.41) is 2.52. The summed E-state index contributed by atoms with van der Waals surface area (Å²) in [6, 6.07) is 12.5. The molecule has 0 aliphatic carbocycles. The summed E-state index contributed by atoms with van der Waals surface area (Å²) in [4.78, 5) is 24.0. The van der Waals surface area contributed by atoms with E-state index in [1.165, 1.54) is 14.2 Å². The number of esters is 1. The normalized spacial score (nSPS) is 10.0. The van der Waals surface area contributed by atoms with Crippen molar-refractivity contribution >= 4 is 11.9 Å². The van der Waals surface area contributed by atoms with Gasteiger partial charge in [0.25, 0.3) is 5.91 Å². The summed E-state index contributed by atoms with van der Waals surface area (Å²) in [7, 11) is 3.00. The Morgan fingerprint density at radius 3 is 2.28 bits per heavy atom. The van der Waals surface area contributed by atoms with Gasteiger partial charge in [0.1, 0.15) is 24.7 Å². The van der Waals surface area contributed by atoms with Crippen molar-refractivity contribution in [2.45, 2.75) is 13.5 Å². The second-order valence-corrected chi connectivity index (χ2v) is 5.43. The number of methoxy groups -OCH3 is 2. The van der Waals surface area contributed by atoms with Gasteiger partial charge in [0, 0.05) is 11.6 Å². The third kappa shape index (κ3) is 5.53. The van der Waals surface area contributed by atoms with Gasteiger partial charge in [-0.3, -0.25) is 9.59 Å². The van der Waals surface area contributed by atoms with Gasteiger partial charge in [-0.05, 0) is 24.6 Å². The van der Waals surface area contributed by atoms with E-state index in [1.807, 2.05) is 31.2 Å². The Balaban J connectivity index is 1.87. The van der Waals surface area contributed by atoms with Crippen molar-refractivity contribution < 1.29 is 23.8 Å². The number of carbonyl (C=O) groups is 2. The second kappa shape index (κ2) is 8.73. The van der Waals surface area contributed by atoms with Gasteiger partial charge in [-0.2, -0.15) is 0 Å². The molecule has 0 aliphatic heterocycles. The molecule has 1 amide bonds. The molecule has 0 spiro atoms. The van der Waals surface area contributed by atoms with Crippen LogP contribution in [0.5, 0.6) is 11.5 Å². The minimum Gasteiger partial charge on any atom is -0.497 e. The van der Waals surface area contributed by atoms with Crippen LogP contribution in [-0.2, 0) is 16.1 Å². The molecule has 6 heteroatoms. The molecule has 6 nitrogen and oxygen atoms in total. The SMILES string of the molecule is COc1cc(OC)cc(C(=O)NCC(=O)OCc2cccc(C)c2)c1. The Kier molecular flexibility index (Phi) is 6.39. The van der Waals surface area contributed by atoms with Gasteiger partial charge in [-0.15, -0.1) is 0 Å². The van der Waals surface area contributed by atoms with Gasteiger partial charge in [0.05, 0.1) is 14.2 Å². The maximum Gasteiger partial charge on any atom is 0.325 e. The molecule has 2 aromatic carbocycles. The summed E-state index contributed by atoms with van der Waals surface area (Å²) in [5.74, 6) is 0.0625. The van der Waals surface area contributed by atoms with E-state index in [9.17, 15) is 9.59 Å². The third-order valence-corrected chi connectivity index (χ3v) is 3.49. The summed E-state index contributed by atoms with van der Waals surface area (Å²) in [5.41, 5.74) is 2.33. The number of carbonyl (C=O) groups excluding carboxylic acids is 2. The molecule has 0 bridgehead atoms. The van der Waals surface area contributed by atoms with Crippen LogP contribution in [-0.4, -0.2) is 32.6 Å². The standard InChI is InChI=1S/C19H21NO5/c1-13-5-4-6-14(7-13)12-25-18(21)11-20-19(22)15-8-16(23-2)10-17(9-15)24-3/h4-10H,11-12H2,1-3H3,(H,20,22). The molecule has 0 aliphatic rings. The van der Waals surface area contributed by atoms with E-state index >= 15 is 0 Å². The topological polar surface area (TPSA) is 73.9 Å². The van der Waals surface area contributed by atoms with Crippen LogP contribution in [0.1, 0.15) is 21.5 Å². The monoisotopic (exact) mass is 343 g/mol. The minimum absolute atomic E-state index is 0.170. The lowest BCUT2D eigenvalue weighted by Crippen LogP contribution is -2.30. The number of hydrogen-bond acceptors (Lipinski definition) is 5. The highest BCUT2D eigenvalue weighted by Gasteiger charge is 2.12. The maximum atomic E-state index is 12.2. The number of benzene rings is 2. The van der Waals surface area contributed by atoms with Crippen molar-refractivity contribution in [2.75, 3.05) is 20.8 Å². The molecule has 0 radical (unpaired) electrons. The number of hydrogen-bond donors (Lipinski definition) is 1. The zero-order chi connectivity index (χ0) is 18.2. The molecule has 1 N–H and O–H groups in total. The number of ether oxygens (including phenoxy) is 3. The zero-order valence-electron chi connectivity index (χ0n) is 14.5. The highest BCUT2D eigenvalue weighted by molar-refractivity contribution is 5.96. The summed E-state index contributed by atoms with van der Waals surface area (Å²) >= 11 is 0. The summed E-state index contributed by atoms with van der Waals surface area (Å²) in [6.07, 6.45) is 0. The predicted octanol–water partition coefficient (Wildman–Crippen LogP) is 2.49. The number of aryl methyl sites for hydroxylation is 1. The Morgan fingerprint density at radius 2 is 1.68 bits per heavy atom. The molecule has 0 fully saturated rings. The third-order valence-electron chi connectivity index (χ3n) is 3.49. The fourth-order valence-electron chi connectivity index (χ4n) is 2.21. The minimum atomic E-state index is -0.510. The number of nitrogens with one attached hydrogen (secondary N) is 1. The molecular formula is C19H21NO5. The number of rotatable bonds is 7. The molecule has 132 valence electrons. The Hall–Kier alpha value is -3.02. The Bertz CT molecular complexity index is 735. The molecule has 2 aromatic rings. The van der Waals surface area contributed by atoms with Crippen LogP contribution in [0.2, 0.25) is 0 Å². The molecule has 0 atom stereocenters. The van der Waals surface area contributed by atoms with Crippen LogP contribution in [0.25, 0.3) is 0 Å². The van der Waals surface area contributed by atoms with E-state index in [4.69, 9.17) is 14.2 Å². The van der Waals surface area contributed by atoms with E-state index < -0.39 is 11.9 Å². The van der Waals surface area contributed by atoms with Crippen molar-refractivity contribution in [2.24, 2.45) is 0 Å². The molecule has 2 rings (SSSR count). The van der Waals surface area contributed by atoms with E-state index in [0.29, 0.717) is 17.1 Å². The maximum absolute atomic E-state index is 12.2. The quantitative estimate of drug-likeness (QED) is 0.782. The first-order chi connectivity index (χ1) is 12.0. The number of amides is 1. The van der Waals surface area contributed by atoms with E-state index in [2.05, 4.69) is 5.32 Å². The molecule has 0 saturated heterocycles. The molecule has 0 saturated carbocycles. The van der Waals surface area contributed by atoms with Crippen molar-refractivity contribution in [3.63, 3.8) is 0 Å². The highest BCUT2D eigenvalue weighted by atomic mass is 16.5. The molecule has 25 heavy (non-hydrogen) atoms. The fourth-order valence-corrected chi connectivity index (χ4v) is 2.21. The molecule has 0 aromatic heterocycles. The smallest absolute Gasteiger partial charge is 0.325 e. The van der Waals surface area contributed by atoms with Gasteiger partial charge in [0.2, 0.25) is 0 Å². The largest absolute Gasteiger partial charge is 0.497 e.